The lowest BCUT2D eigenvalue weighted by molar-refractivity contribution is 0.0861. The van der Waals surface area contributed by atoms with E-state index in [1.807, 2.05) is 0 Å². The van der Waals surface area contributed by atoms with Crippen LogP contribution in [0.5, 0.6) is 0 Å². The minimum absolute atomic E-state index is 0.0896. The average Bonchev–Trinajstić information content (AvgIpc) is 4.27. The molecule has 12 nitrogen and oxygen atoms in total. The number of hydrogen-bond acceptors (Lipinski definition) is 10. The molecule has 4 amide bonds. The summed E-state index contributed by atoms with van der Waals surface area (Å²) >= 11 is 103. The maximum Gasteiger partial charge on any atom is 0.267 e. The van der Waals surface area contributed by atoms with E-state index in [-0.39, 0.29) is 176 Å². The van der Waals surface area contributed by atoms with Crippen molar-refractivity contribution in [3.05, 3.63) is 196 Å². The highest BCUT2D eigenvalue weighted by molar-refractivity contribution is 6.59. The molecule has 0 saturated heterocycles. The Balaban J connectivity index is 1.05. The van der Waals surface area contributed by atoms with Gasteiger partial charge in [0.1, 0.15) is 5.92 Å². The maximum atomic E-state index is 14.5. The van der Waals surface area contributed by atoms with Crippen LogP contribution in [0, 0.1) is 0 Å². The molecule has 406 valence electrons. The number of pyridine rings is 2. The molecule has 0 spiro atoms. The molecule has 12 rings (SSSR count). The number of carbonyl (C=O) groups is 7. The molecule has 0 fully saturated rings. The van der Waals surface area contributed by atoms with Gasteiger partial charge in [0, 0.05) is 21.9 Å². The Morgan fingerprint density at radius 3 is 1.06 bits per heavy atom. The molecule has 2 aliphatic carbocycles. The van der Waals surface area contributed by atoms with Gasteiger partial charge in [0.15, 0.2) is 17.3 Å². The van der Waals surface area contributed by atoms with Crippen LogP contribution in [0.3, 0.4) is 0 Å². The third-order valence-corrected chi connectivity index (χ3v) is 21.5. The van der Waals surface area contributed by atoms with E-state index in [0.717, 1.165) is 9.80 Å². The number of amides is 4. The maximum absolute atomic E-state index is 14.5. The summed E-state index contributed by atoms with van der Waals surface area (Å²) in [5.41, 5.74) is -2.40. The molecule has 2 unspecified atom stereocenters. The number of imide groups is 2. The van der Waals surface area contributed by atoms with Crippen LogP contribution in [-0.2, 0) is 6.42 Å². The highest BCUT2D eigenvalue weighted by atomic mass is 35.5. The first-order valence-corrected chi connectivity index (χ1v) is 28.7. The second-order valence-corrected chi connectivity index (χ2v) is 24.4. The lowest BCUT2D eigenvalue weighted by Gasteiger charge is -2.21. The number of halogens is 16. The smallest absolute Gasteiger partial charge is 0.267 e. The zero-order valence-electron chi connectivity index (χ0n) is 38.7. The highest BCUT2D eigenvalue weighted by Gasteiger charge is 2.49. The first kappa shape index (κ1) is 57.5. The molecular weight excluding hydrogens is 1390 g/mol. The molecule has 0 bridgehead atoms. The second kappa shape index (κ2) is 20.3. The molecule has 4 aliphatic rings. The summed E-state index contributed by atoms with van der Waals surface area (Å²) in [6.45, 7) is 0. The SMILES string of the molecule is O=C1c2c(Cl)c(Cl)c(Cl)c(Cl)c2C(=O)C1c1ccc2c(Cc3ccc(N4C(=O)c5c(Cl)c(Cl)c(Cl)c(Cl)c5C4=O)c4nc(C5C(=O)c6c(Cl)c(Cl)c(Cl)c(Cl)c6C5O)ccc34)ccc(N3C(=O)c4c(Cl)c(Cl)c(Cl)c(Cl)c4C3=O)c2n1. The van der Waals surface area contributed by atoms with E-state index in [0.29, 0.717) is 11.1 Å². The fourth-order valence-corrected chi connectivity index (χ4v) is 14.7. The minimum atomic E-state index is -1.69. The van der Waals surface area contributed by atoms with Crippen molar-refractivity contribution >= 4 is 260 Å². The number of aliphatic hydroxyl groups excluding tert-OH is 1. The Kier molecular flexibility index (Phi) is 14.4. The quantitative estimate of drug-likeness (QED) is 0.0731. The summed E-state index contributed by atoms with van der Waals surface area (Å²) in [6, 6.07) is 11.7. The number of hydrogen-bond donors (Lipinski definition) is 1. The van der Waals surface area contributed by atoms with Crippen molar-refractivity contribution in [1.82, 2.24) is 9.97 Å². The van der Waals surface area contributed by atoms with E-state index in [1.54, 1.807) is 12.1 Å². The summed E-state index contributed by atoms with van der Waals surface area (Å²) in [5.74, 6) is -9.54. The van der Waals surface area contributed by atoms with Crippen LogP contribution in [0.15, 0.2) is 48.5 Å². The van der Waals surface area contributed by atoms with Gasteiger partial charge in [0.05, 0.1) is 160 Å². The molecule has 6 aromatic carbocycles. The number of fused-ring (bicyclic) bond motifs is 6. The molecule has 0 saturated carbocycles. The van der Waals surface area contributed by atoms with Crippen molar-refractivity contribution < 1.29 is 38.7 Å². The van der Waals surface area contributed by atoms with Crippen molar-refractivity contribution in [3.63, 3.8) is 0 Å². The normalized spacial score (nSPS) is 16.8. The van der Waals surface area contributed by atoms with Crippen molar-refractivity contribution in [3.8, 4) is 0 Å². The molecule has 4 heterocycles. The van der Waals surface area contributed by atoms with Crippen LogP contribution in [0.2, 0.25) is 80.4 Å². The lowest BCUT2D eigenvalue weighted by atomic mass is 9.93. The van der Waals surface area contributed by atoms with E-state index in [4.69, 9.17) is 196 Å². The first-order valence-electron chi connectivity index (χ1n) is 22.6. The largest absolute Gasteiger partial charge is 0.387 e. The number of carbonyl (C=O) groups excluding carboxylic acids is 7. The van der Waals surface area contributed by atoms with Crippen LogP contribution in [0.4, 0.5) is 11.4 Å². The van der Waals surface area contributed by atoms with Gasteiger partial charge < -0.3 is 5.11 Å². The molecule has 2 aliphatic heterocycles. The molecular formula is C53H14Cl16N4O8. The summed E-state index contributed by atoms with van der Waals surface area (Å²) in [6.07, 6.45) is -1.79. The molecule has 2 atom stereocenters. The number of aromatic nitrogens is 2. The molecule has 2 aromatic heterocycles. The average molecular weight is 1400 g/mol. The number of ketones is 3. The molecule has 28 heteroatoms. The van der Waals surface area contributed by atoms with Crippen LogP contribution < -0.4 is 9.80 Å². The predicted molar refractivity (Wildman–Crippen MR) is 318 cm³/mol. The number of Topliss-reactive ketones (excluding diaryl/α,β-unsaturated/α-hetero) is 3. The van der Waals surface area contributed by atoms with Gasteiger partial charge in [0.2, 0.25) is 0 Å². The Morgan fingerprint density at radius 1 is 0.358 bits per heavy atom. The zero-order chi connectivity index (χ0) is 58.3. The van der Waals surface area contributed by atoms with Gasteiger partial charge in [-0.15, -0.1) is 0 Å². The number of anilines is 2. The van der Waals surface area contributed by atoms with Crippen molar-refractivity contribution in [2.45, 2.75) is 24.4 Å². The summed E-state index contributed by atoms with van der Waals surface area (Å²) in [5, 5.41) is 7.50. The topological polar surface area (TPSA) is 172 Å². The highest BCUT2D eigenvalue weighted by Crippen LogP contribution is 2.55. The molecule has 81 heavy (non-hydrogen) atoms. The van der Waals surface area contributed by atoms with Gasteiger partial charge >= 0.3 is 0 Å². The number of benzene rings is 6. The van der Waals surface area contributed by atoms with E-state index in [9.17, 15) is 38.7 Å². The Hall–Kier alpha value is -3.97. The molecule has 1 N–H and O–H groups in total. The number of nitrogens with zero attached hydrogens (tertiary/aromatic N) is 4. The van der Waals surface area contributed by atoms with Gasteiger partial charge in [-0.1, -0.05) is 210 Å². The summed E-state index contributed by atoms with van der Waals surface area (Å²) < 4.78 is 0. The minimum Gasteiger partial charge on any atom is -0.387 e. The van der Waals surface area contributed by atoms with Gasteiger partial charge in [-0.2, -0.15) is 0 Å². The van der Waals surface area contributed by atoms with Crippen LogP contribution in [-0.4, -0.2) is 56.1 Å². The lowest BCUT2D eigenvalue weighted by Crippen LogP contribution is -2.30. The van der Waals surface area contributed by atoms with E-state index in [2.05, 4.69) is 0 Å². The van der Waals surface area contributed by atoms with Gasteiger partial charge in [0.25, 0.3) is 23.6 Å². The van der Waals surface area contributed by atoms with Crippen LogP contribution in [0.1, 0.15) is 119 Å². The third kappa shape index (κ3) is 8.01. The monoisotopic (exact) mass is 1390 g/mol. The molecule has 8 aromatic rings. The van der Waals surface area contributed by atoms with Crippen LogP contribution >= 0.6 is 186 Å². The van der Waals surface area contributed by atoms with E-state index < -0.39 is 58.9 Å². The van der Waals surface area contributed by atoms with Crippen LogP contribution in [0.25, 0.3) is 21.8 Å². The fourth-order valence-electron chi connectivity index (χ4n) is 10.6. The second-order valence-electron chi connectivity index (χ2n) is 18.3. The predicted octanol–water partition coefficient (Wildman–Crippen LogP) is 18.6. The summed E-state index contributed by atoms with van der Waals surface area (Å²) in [4.78, 5) is 112. The summed E-state index contributed by atoms with van der Waals surface area (Å²) in [7, 11) is 0. The Labute approximate surface area is 533 Å². The van der Waals surface area contributed by atoms with Crippen molar-refractivity contribution in [2.24, 2.45) is 0 Å². The van der Waals surface area contributed by atoms with Gasteiger partial charge in [-0.3, -0.25) is 33.6 Å². The third-order valence-electron chi connectivity index (χ3n) is 14.3. The van der Waals surface area contributed by atoms with Gasteiger partial charge in [-0.05, 0) is 41.8 Å². The van der Waals surface area contributed by atoms with Crippen molar-refractivity contribution in [1.29, 1.82) is 0 Å². The first-order chi connectivity index (χ1) is 38.2. The van der Waals surface area contributed by atoms with E-state index >= 15 is 0 Å². The Morgan fingerprint density at radius 2 is 0.679 bits per heavy atom. The standard InChI is InChI=1S/C53H14Cl16N4O8/c54-28-20-21(29(55)37(63)36(28)62)47(75)18(46(20)74)14-5-3-12-10(1-7-16(44(12)70-14)72-50(78)24-25(51(72)79)33(59)41(67)40(66)32(24)58)9-11-2-8-17(73-52(80)26-27(53(73)81)35(61)43(69)42(68)34(26)60)45-13(11)4-6-15(71-45)19-48(76)22-23(49(19)77)31(57)39(65)38(64)30(22)56/h1-8,18-19,46,74H,9H2. The Bertz CT molecular complexity index is 4380. The van der Waals surface area contributed by atoms with E-state index in [1.165, 1.54) is 36.4 Å². The zero-order valence-corrected chi connectivity index (χ0v) is 50.8. The van der Waals surface area contributed by atoms with Gasteiger partial charge in [-0.25, -0.2) is 19.8 Å². The van der Waals surface area contributed by atoms with Crippen molar-refractivity contribution in [2.75, 3.05) is 9.80 Å². The molecule has 0 radical (unpaired) electrons. The number of aliphatic hydroxyl groups is 1. The fraction of sp³-hybridized carbons (Fsp3) is 0.0755. The number of rotatable bonds is 6.